The molecule has 1 aliphatic rings. The van der Waals surface area contributed by atoms with Crippen molar-refractivity contribution < 1.29 is 23.9 Å². The number of nitrogens with zero attached hydrogens (tertiary/aromatic N) is 1. The molecule has 1 aromatic carbocycles. The number of thioether (sulfide) groups is 1. The lowest BCUT2D eigenvalue weighted by atomic mass is 10.1. The van der Waals surface area contributed by atoms with E-state index in [0.29, 0.717) is 18.7 Å². The largest absolute Gasteiger partial charge is 0.496 e. The molecule has 0 radical (unpaired) electrons. The fraction of sp³-hybridized carbons (Fsp3) is 0.368. The quantitative estimate of drug-likeness (QED) is 0.500. The molecule has 0 spiro atoms. The van der Waals surface area contributed by atoms with Crippen LogP contribution in [0.15, 0.2) is 24.3 Å². The lowest BCUT2D eigenvalue weighted by Crippen LogP contribution is -2.50. The Hall–Kier alpha value is -3.21. The van der Waals surface area contributed by atoms with Crippen molar-refractivity contribution in [1.82, 2.24) is 26.1 Å². The zero-order chi connectivity index (χ0) is 21.7. The van der Waals surface area contributed by atoms with Gasteiger partial charge in [0.25, 0.3) is 17.1 Å². The van der Waals surface area contributed by atoms with Crippen LogP contribution in [0.5, 0.6) is 5.75 Å². The molecule has 2 aromatic rings. The minimum atomic E-state index is -0.571. The first kappa shape index (κ1) is 21.5. The number of benzene rings is 1. The molecule has 4 amide bonds. The van der Waals surface area contributed by atoms with Crippen LogP contribution in [-0.4, -0.2) is 66.0 Å². The van der Waals surface area contributed by atoms with Crippen molar-refractivity contribution >= 4 is 45.6 Å². The summed E-state index contributed by atoms with van der Waals surface area (Å²) in [7, 11) is 1.54. The monoisotopic (exact) mass is 433 g/mol. The first-order valence-corrected chi connectivity index (χ1v) is 10.5. The second-order valence-corrected chi connectivity index (χ2v) is 7.44. The maximum atomic E-state index is 12.4. The van der Waals surface area contributed by atoms with Crippen LogP contribution in [0, 0.1) is 5.92 Å². The number of aromatic nitrogens is 1. The summed E-state index contributed by atoms with van der Waals surface area (Å²) in [6.07, 6.45) is 2.18. The van der Waals surface area contributed by atoms with Crippen LogP contribution in [0.2, 0.25) is 0 Å². The summed E-state index contributed by atoms with van der Waals surface area (Å²) < 4.78 is 5.27. The van der Waals surface area contributed by atoms with Crippen molar-refractivity contribution in [3.05, 3.63) is 30.0 Å². The Morgan fingerprint density at radius 2 is 2.13 bits per heavy atom. The Morgan fingerprint density at radius 3 is 2.80 bits per heavy atom. The van der Waals surface area contributed by atoms with Gasteiger partial charge in [-0.3, -0.25) is 24.6 Å². The zero-order valence-electron chi connectivity index (χ0n) is 16.6. The minimum absolute atomic E-state index is 0.0764. The molecule has 1 aliphatic heterocycles. The highest BCUT2D eigenvalue weighted by atomic mass is 32.2. The maximum absolute atomic E-state index is 12.4. The van der Waals surface area contributed by atoms with Crippen molar-refractivity contribution in [2.75, 3.05) is 33.0 Å². The van der Waals surface area contributed by atoms with Gasteiger partial charge in [-0.25, -0.2) is 5.01 Å². The van der Waals surface area contributed by atoms with Crippen molar-refractivity contribution in [3.63, 3.8) is 0 Å². The van der Waals surface area contributed by atoms with E-state index in [4.69, 9.17) is 4.74 Å². The summed E-state index contributed by atoms with van der Waals surface area (Å²) in [5.74, 6) is -0.940. The van der Waals surface area contributed by atoms with Crippen LogP contribution in [0.4, 0.5) is 4.79 Å². The number of ether oxygens (including phenoxy) is 1. The summed E-state index contributed by atoms with van der Waals surface area (Å²) in [5, 5.41) is 6.68. The topological polar surface area (TPSA) is 133 Å². The number of rotatable bonds is 6. The third-order valence-corrected chi connectivity index (χ3v) is 5.29. The smallest absolute Gasteiger partial charge is 0.299 e. The molecule has 30 heavy (non-hydrogen) atoms. The van der Waals surface area contributed by atoms with E-state index in [1.807, 2.05) is 6.07 Å². The van der Waals surface area contributed by atoms with E-state index in [9.17, 15) is 19.2 Å². The number of H-pyrrole nitrogens is 1. The average Bonchev–Trinajstić information content (AvgIpc) is 3.36. The predicted molar refractivity (Wildman–Crippen MR) is 112 cm³/mol. The van der Waals surface area contributed by atoms with E-state index in [1.54, 1.807) is 31.6 Å². The van der Waals surface area contributed by atoms with E-state index in [0.717, 1.165) is 27.7 Å². The van der Waals surface area contributed by atoms with E-state index in [-0.39, 0.29) is 30.6 Å². The number of hydrazine groups is 1. The molecule has 160 valence electrons. The number of carbonyl (C=O) groups excluding carboxylic acids is 4. The summed E-state index contributed by atoms with van der Waals surface area (Å²) in [6.45, 7) is 0.289. The Bertz CT molecular complexity index is 975. The molecule has 1 fully saturated rings. The zero-order valence-corrected chi connectivity index (χ0v) is 17.4. The fourth-order valence-corrected chi connectivity index (χ4v) is 3.53. The molecule has 11 heteroatoms. The molecule has 3 rings (SSSR count). The van der Waals surface area contributed by atoms with E-state index < -0.39 is 17.1 Å². The standard InChI is InChI=1S/C19H23N5O5S/c1-29-15-5-3-4-13-12(15)8-14(22-13)18(27)21-9-16(25)23-24(19(28)30-2)10-11-6-7-20-17(11)26/h3-5,8,11,22H,6-7,9-10H2,1-2H3,(H,20,26)(H,21,27)(H,23,25)/t11-/m0/s1. The third kappa shape index (κ3) is 4.85. The Balaban J connectivity index is 1.58. The van der Waals surface area contributed by atoms with E-state index in [1.165, 1.54) is 0 Å². The number of hydrogen-bond donors (Lipinski definition) is 4. The molecule has 4 N–H and O–H groups in total. The molecular weight excluding hydrogens is 410 g/mol. The third-order valence-electron chi connectivity index (χ3n) is 4.72. The molecule has 2 heterocycles. The van der Waals surface area contributed by atoms with Gasteiger partial charge in [0.2, 0.25) is 5.91 Å². The van der Waals surface area contributed by atoms with Gasteiger partial charge in [-0.2, -0.15) is 0 Å². The predicted octanol–water partition coefficient (Wildman–Crippen LogP) is 0.859. The molecule has 0 aliphatic carbocycles. The van der Waals surface area contributed by atoms with Gasteiger partial charge in [-0.1, -0.05) is 17.8 Å². The van der Waals surface area contributed by atoms with Crippen molar-refractivity contribution in [1.29, 1.82) is 0 Å². The number of fused-ring (bicyclic) bond motifs is 1. The molecule has 0 saturated carbocycles. The van der Waals surface area contributed by atoms with Crippen molar-refractivity contribution in [3.8, 4) is 5.75 Å². The number of aromatic amines is 1. The van der Waals surface area contributed by atoms with Gasteiger partial charge in [0, 0.05) is 17.4 Å². The molecule has 0 unspecified atom stereocenters. The van der Waals surface area contributed by atoms with Gasteiger partial charge in [-0.05, 0) is 30.9 Å². The molecule has 1 aromatic heterocycles. The van der Waals surface area contributed by atoms with Gasteiger partial charge in [-0.15, -0.1) is 0 Å². The molecule has 1 atom stereocenters. The first-order valence-electron chi connectivity index (χ1n) is 9.29. The normalized spacial score (nSPS) is 15.5. The molecular formula is C19H23N5O5S. The van der Waals surface area contributed by atoms with Crippen LogP contribution < -0.4 is 20.8 Å². The van der Waals surface area contributed by atoms with Gasteiger partial charge < -0.3 is 20.4 Å². The average molecular weight is 433 g/mol. The second-order valence-electron chi connectivity index (χ2n) is 6.68. The number of amides is 4. The highest BCUT2D eigenvalue weighted by molar-refractivity contribution is 8.12. The molecule has 1 saturated heterocycles. The summed E-state index contributed by atoms with van der Waals surface area (Å²) in [5.41, 5.74) is 3.48. The van der Waals surface area contributed by atoms with Crippen molar-refractivity contribution in [2.24, 2.45) is 5.92 Å². The molecule has 0 bridgehead atoms. The number of carbonyl (C=O) groups is 4. The summed E-state index contributed by atoms with van der Waals surface area (Å²) in [6, 6.07) is 7.04. The van der Waals surface area contributed by atoms with Gasteiger partial charge >= 0.3 is 0 Å². The SMILES string of the molecule is COc1cccc2[nH]c(C(=O)NCC(=O)NN(C[C@@H]3CCNC3=O)C(=O)SC)cc12. The Kier molecular flexibility index (Phi) is 6.83. The highest BCUT2D eigenvalue weighted by Gasteiger charge is 2.29. The number of methoxy groups -OCH3 is 1. The first-order chi connectivity index (χ1) is 14.4. The van der Waals surface area contributed by atoms with Gasteiger partial charge in [0.1, 0.15) is 11.4 Å². The van der Waals surface area contributed by atoms with Crippen LogP contribution in [0.1, 0.15) is 16.9 Å². The lowest BCUT2D eigenvalue weighted by molar-refractivity contribution is -0.126. The van der Waals surface area contributed by atoms with E-state index in [2.05, 4.69) is 21.0 Å². The summed E-state index contributed by atoms with van der Waals surface area (Å²) >= 11 is 0.923. The lowest BCUT2D eigenvalue weighted by Gasteiger charge is -2.24. The van der Waals surface area contributed by atoms with E-state index >= 15 is 0 Å². The van der Waals surface area contributed by atoms with Crippen LogP contribution in [-0.2, 0) is 9.59 Å². The fourth-order valence-electron chi connectivity index (χ4n) is 3.19. The Labute approximate surface area is 177 Å². The summed E-state index contributed by atoms with van der Waals surface area (Å²) in [4.78, 5) is 51.5. The van der Waals surface area contributed by atoms with Crippen LogP contribution in [0.3, 0.4) is 0 Å². The second kappa shape index (κ2) is 9.53. The highest BCUT2D eigenvalue weighted by Crippen LogP contribution is 2.25. The van der Waals surface area contributed by atoms with Crippen LogP contribution in [0.25, 0.3) is 10.9 Å². The van der Waals surface area contributed by atoms with Gasteiger partial charge in [0.05, 0.1) is 26.1 Å². The van der Waals surface area contributed by atoms with Crippen LogP contribution >= 0.6 is 11.8 Å². The number of hydrogen-bond acceptors (Lipinski definition) is 6. The minimum Gasteiger partial charge on any atom is -0.496 e. The van der Waals surface area contributed by atoms with Crippen molar-refractivity contribution in [2.45, 2.75) is 6.42 Å². The number of nitrogens with one attached hydrogen (secondary N) is 4. The Morgan fingerprint density at radius 1 is 1.33 bits per heavy atom. The van der Waals surface area contributed by atoms with Gasteiger partial charge in [0.15, 0.2) is 0 Å². The maximum Gasteiger partial charge on any atom is 0.299 e. The molecule has 10 nitrogen and oxygen atoms in total.